The summed E-state index contributed by atoms with van der Waals surface area (Å²) in [5.41, 5.74) is 0. The van der Waals surface area contributed by atoms with Gasteiger partial charge in [0, 0.05) is 4.88 Å². The molecule has 0 unspecified atom stereocenters. The van der Waals surface area contributed by atoms with Gasteiger partial charge in [0.15, 0.2) is 5.06 Å². The molecule has 50 valence electrons. The minimum absolute atomic E-state index is 0.764. The Morgan fingerprint density at radius 2 is 2.33 bits per heavy atom. The van der Waals surface area contributed by atoms with E-state index >= 15 is 0 Å². The van der Waals surface area contributed by atoms with Gasteiger partial charge in [0.25, 0.3) is 0 Å². The Hall–Kier alpha value is -0.500. The fraction of sp³-hybridized carbons (Fsp3) is 0.429. The van der Waals surface area contributed by atoms with Crippen LogP contribution >= 0.6 is 11.3 Å². The molecule has 0 atom stereocenters. The Bertz CT molecular complexity index is 181. The molecule has 0 aliphatic rings. The molecule has 0 aliphatic carbocycles. The van der Waals surface area contributed by atoms with Gasteiger partial charge in [-0.05, 0) is 26.0 Å². The van der Waals surface area contributed by atoms with Crippen LogP contribution in [0.5, 0.6) is 5.06 Å². The third-order valence-electron chi connectivity index (χ3n) is 1.00. The van der Waals surface area contributed by atoms with Crippen molar-refractivity contribution < 1.29 is 4.74 Å². The van der Waals surface area contributed by atoms with Crippen molar-refractivity contribution in [2.75, 3.05) is 6.61 Å². The predicted molar refractivity (Wildman–Crippen MR) is 40.2 cm³/mol. The Morgan fingerprint density at radius 3 is 2.78 bits per heavy atom. The van der Waals surface area contributed by atoms with Gasteiger partial charge >= 0.3 is 0 Å². The number of hydrogen-bond acceptors (Lipinski definition) is 2. The van der Waals surface area contributed by atoms with Crippen LogP contribution in [0.25, 0.3) is 0 Å². The summed E-state index contributed by atoms with van der Waals surface area (Å²) in [6.07, 6.45) is 0. The van der Waals surface area contributed by atoms with Gasteiger partial charge in [-0.25, -0.2) is 0 Å². The maximum absolute atomic E-state index is 5.25. The normalized spacial score (nSPS) is 9.56. The maximum atomic E-state index is 5.25. The number of ether oxygens (including phenoxy) is 1. The number of thiophene rings is 1. The molecule has 1 nitrogen and oxygen atoms in total. The Kier molecular flexibility index (Phi) is 2.11. The second-order valence-corrected chi connectivity index (χ2v) is 3.05. The molecule has 0 saturated heterocycles. The summed E-state index contributed by atoms with van der Waals surface area (Å²) < 4.78 is 5.25. The van der Waals surface area contributed by atoms with Crippen molar-refractivity contribution in [2.45, 2.75) is 13.8 Å². The summed E-state index contributed by atoms with van der Waals surface area (Å²) in [5.74, 6) is 0. The summed E-state index contributed by atoms with van der Waals surface area (Å²) in [6, 6.07) is 4.07. The summed E-state index contributed by atoms with van der Waals surface area (Å²) in [7, 11) is 0. The Labute approximate surface area is 59.3 Å². The molecule has 1 rings (SSSR count). The zero-order valence-corrected chi connectivity index (χ0v) is 6.49. The predicted octanol–water partition coefficient (Wildman–Crippen LogP) is 2.46. The molecule has 0 fully saturated rings. The van der Waals surface area contributed by atoms with Crippen LogP contribution in [-0.4, -0.2) is 6.61 Å². The average Bonchev–Trinajstić information content (AvgIpc) is 2.17. The quantitative estimate of drug-likeness (QED) is 0.616. The second-order valence-electron chi connectivity index (χ2n) is 1.80. The van der Waals surface area contributed by atoms with Crippen LogP contribution < -0.4 is 4.74 Å². The molecule has 0 aliphatic heterocycles. The number of hydrogen-bond donors (Lipinski definition) is 0. The molecule has 0 radical (unpaired) electrons. The van der Waals surface area contributed by atoms with E-state index in [2.05, 4.69) is 13.0 Å². The molecule has 0 amide bonds. The zero-order chi connectivity index (χ0) is 6.69. The van der Waals surface area contributed by atoms with Crippen LogP contribution in [0.4, 0.5) is 0 Å². The van der Waals surface area contributed by atoms with E-state index in [0.717, 1.165) is 11.7 Å². The standard InChI is InChI=1S/C7H10OS/c1-3-8-7-5-4-6(2)9-7/h4-5H,3H2,1-2H3. The van der Waals surface area contributed by atoms with Crippen LogP contribution in [0.2, 0.25) is 0 Å². The first kappa shape index (κ1) is 6.62. The smallest absolute Gasteiger partial charge is 0.173 e. The molecule has 0 aromatic carbocycles. The van der Waals surface area contributed by atoms with Gasteiger partial charge in [-0.3, -0.25) is 0 Å². The van der Waals surface area contributed by atoms with Crippen LogP contribution in [0.1, 0.15) is 11.8 Å². The first-order chi connectivity index (χ1) is 4.33. The van der Waals surface area contributed by atoms with Crippen LogP contribution in [0.3, 0.4) is 0 Å². The number of aryl methyl sites for hydroxylation is 1. The van der Waals surface area contributed by atoms with E-state index in [0.29, 0.717) is 0 Å². The molecule has 2 heteroatoms. The minimum atomic E-state index is 0.764. The molecule has 0 bridgehead atoms. The zero-order valence-electron chi connectivity index (χ0n) is 5.68. The van der Waals surface area contributed by atoms with E-state index in [-0.39, 0.29) is 0 Å². The first-order valence-corrected chi connectivity index (χ1v) is 3.84. The Morgan fingerprint density at radius 1 is 1.56 bits per heavy atom. The van der Waals surface area contributed by atoms with Gasteiger partial charge in [0.1, 0.15) is 0 Å². The monoisotopic (exact) mass is 142 g/mol. The molecule has 0 saturated carbocycles. The van der Waals surface area contributed by atoms with Crippen molar-refractivity contribution in [1.29, 1.82) is 0 Å². The lowest BCUT2D eigenvalue weighted by atomic mass is 10.5. The highest BCUT2D eigenvalue weighted by molar-refractivity contribution is 7.13. The van der Waals surface area contributed by atoms with Gasteiger partial charge in [0.05, 0.1) is 6.61 Å². The lowest BCUT2D eigenvalue weighted by Gasteiger charge is -1.94. The molecule has 1 aromatic heterocycles. The topological polar surface area (TPSA) is 9.23 Å². The SMILES string of the molecule is CCOc1ccc(C)s1. The van der Waals surface area contributed by atoms with Crippen molar-refractivity contribution in [2.24, 2.45) is 0 Å². The summed E-state index contributed by atoms with van der Waals surface area (Å²) in [6.45, 7) is 4.84. The fourth-order valence-electron chi connectivity index (χ4n) is 0.632. The maximum Gasteiger partial charge on any atom is 0.173 e. The van der Waals surface area contributed by atoms with E-state index in [1.165, 1.54) is 4.88 Å². The second kappa shape index (κ2) is 2.87. The van der Waals surface area contributed by atoms with Gasteiger partial charge in [-0.2, -0.15) is 0 Å². The van der Waals surface area contributed by atoms with E-state index in [1.54, 1.807) is 11.3 Å². The molecule has 1 heterocycles. The largest absolute Gasteiger partial charge is 0.484 e. The van der Waals surface area contributed by atoms with Crippen molar-refractivity contribution in [3.63, 3.8) is 0 Å². The van der Waals surface area contributed by atoms with Crippen LogP contribution in [0.15, 0.2) is 12.1 Å². The number of rotatable bonds is 2. The summed E-state index contributed by atoms with van der Waals surface area (Å²) in [4.78, 5) is 1.30. The average molecular weight is 142 g/mol. The highest BCUT2D eigenvalue weighted by Gasteiger charge is 1.92. The van der Waals surface area contributed by atoms with E-state index in [1.807, 2.05) is 13.0 Å². The molecule has 1 aromatic rings. The van der Waals surface area contributed by atoms with Gasteiger partial charge < -0.3 is 4.74 Å². The molecule has 9 heavy (non-hydrogen) atoms. The first-order valence-electron chi connectivity index (χ1n) is 3.02. The van der Waals surface area contributed by atoms with E-state index in [9.17, 15) is 0 Å². The highest BCUT2D eigenvalue weighted by atomic mass is 32.1. The molecular formula is C7H10OS. The Balaban J connectivity index is 2.61. The van der Waals surface area contributed by atoms with E-state index in [4.69, 9.17) is 4.74 Å². The van der Waals surface area contributed by atoms with Crippen molar-refractivity contribution >= 4 is 11.3 Å². The van der Waals surface area contributed by atoms with Crippen molar-refractivity contribution in [1.82, 2.24) is 0 Å². The lowest BCUT2D eigenvalue weighted by molar-refractivity contribution is 0.350. The lowest BCUT2D eigenvalue weighted by Crippen LogP contribution is -1.86. The van der Waals surface area contributed by atoms with Crippen LogP contribution in [0, 0.1) is 6.92 Å². The van der Waals surface area contributed by atoms with Gasteiger partial charge in [-0.15, -0.1) is 11.3 Å². The highest BCUT2D eigenvalue weighted by Crippen LogP contribution is 2.22. The molecule has 0 spiro atoms. The minimum Gasteiger partial charge on any atom is -0.484 e. The van der Waals surface area contributed by atoms with Crippen molar-refractivity contribution in [3.05, 3.63) is 17.0 Å². The van der Waals surface area contributed by atoms with Gasteiger partial charge in [-0.1, -0.05) is 0 Å². The summed E-state index contributed by atoms with van der Waals surface area (Å²) in [5, 5.41) is 1.02. The third kappa shape index (κ3) is 1.72. The van der Waals surface area contributed by atoms with E-state index < -0.39 is 0 Å². The van der Waals surface area contributed by atoms with Crippen LogP contribution in [-0.2, 0) is 0 Å². The molecule has 0 N–H and O–H groups in total. The molecular weight excluding hydrogens is 132 g/mol. The van der Waals surface area contributed by atoms with Gasteiger partial charge in [0.2, 0.25) is 0 Å². The fourth-order valence-corrected chi connectivity index (χ4v) is 1.40. The van der Waals surface area contributed by atoms with Crippen molar-refractivity contribution in [3.8, 4) is 5.06 Å². The third-order valence-corrected chi connectivity index (χ3v) is 1.92. The summed E-state index contributed by atoms with van der Waals surface area (Å²) >= 11 is 1.69.